The highest BCUT2D eigenvalue weighted by Gasteiger charge is 2.35. The number of hydrogen-bond acceptors (Lipinski definition) is 7. The van der Waals surface area contributed by atoms with Gasteiger partial charge in [-0.2, -0.15) is 9.78 Å². The summed E-state index contributed by atoms with van der Waals surface area (Å²) in [6.45, 7) is 0. The van der Waals surface area contributed by atoms with Crippen LogP contribution in [0.25, 0.3) is 11.3 Å². The van der Waals surface area contributed by atoms with Crippen LogP contribution in [0.15, 0.2) is 40.5 Å². The maximum absolute atomic E-state index is 12.5. The number of benzene rings is 1. The molecule has 0 saturated carbocycles. The fourth-order valence-electron chi connectivity index (χ4n) is 3.13. The van der Waals surface area contributed by atoms with Crippen molar-refractivity contribution in [2.24, 2.45) is 0 Å². The van der Waals surface area contributed by atoms with Crippen molar-refractivity contribution in [1.29, 1.82) is 0 Å². The fraction of sp³-hybridized carbons (Fsp3) is 0.0625. The molecule has 0 amide bonds. The fourth-order valence-corrected chi connectivity index (χ4v) is 4.45. The Kier molecular flexibility index (Phi) is 3.74. The summed E-state index contributed by atoms with van der Waals surface area (Å²) < 4.78 is 1.63. The minimum Gasteiger partial charge on any atom is -0.318 e. The molecular weight excluding hydrogens is 409 g/mol. The number of nitrogens with zero attached hydrogens (tertiary/aromatic N) is 5. The Bertz CT molecular complexity index is 1220. The van der Waals surface area contributed by atoms with Gasteiger partial charge in [-0.05, 0) is 40.1 Å². The SMILES string of the molecule is O=c1[nH]nc(-c2ccc(Cl)cc2Cl)c2c1Nc1nnnn1[C@@H]2c1cccs1. The van der Waals surface area contributed by atoms with Crippen LogP contribution in [-0.4, -0.2) is 30.4 Å². The maximum Gasteiger partial charge on any atom is 0.288 e. The van der Waals surface area contributed by atoms with Crippen LogP contribution in [-0.2, 0) is 0 Å². The molecule has 0 spiro atoms. The van der Waals surface area contributed by atoms with Crippen LogP contribution in [0.3, 0.4) is 0 Å². The zero-order valence-corrected chi connectivity index (χ0v) is 15.7. The molecule has 4 aromatic rings. The number of thiophene rings is 1. The topological polar surface area (TPSA) is 101 Å². The van der Waals surface area contributed by atoms with Crippen LogP contribution >= 0.6 is 34.5 Å². The van der Waals surface area contributed by atoms with E-state index in [1.807, 2.05) is 17.5 Å². The smallest absolute Gasteiger partial charge is 0.288 e. The van der Waals surface area contributed by atoms with Crippen molar-refractivity contribution in [3.8, 4) is 11.3 Å². The van der Waals surface area contributed by atoms with Crippen molar-refractivity contribution in [2.45, 2.75) is 6.04 Å². The normalized spacial score (nSPS) is 15.1. The lowest BCUT2D eigenvalue weighted by atomic mass is 9.96. The van der Waals surface area contributed by atoms with Gasteiger partial charge in [-0.25, -0.2) is 5.10 Å². The highest BCUT2D eigenvalue weighted by atomic mass is 35.5. The van der Waals surface area contributed by atoms with Gasteiger partial charge in [0.15, 0.2) is 0 Å². The highest BCUT2D eigenvalue weighted by molar-refractivity contribution is 7.10. The van der Waals surface area contributed by atoms with Crippen LogP contribution in [0.5, 0.6) is 0 Å². The van der Waals surface area contributed by atoms with Gasteiger partial charge in [0.2, 0.25) is 5.95 Å². The first kappa shape index (κ1) is 16.4. The van der Waals surface area contributed by atoms with Crippen LogP contribution in [0.1, 0.15) is 16.5 Å². The third-order valence-electron chi connectivity index (χ3n) is 4.27. The first-order valence-corrected chi connectivity index (χ1v) is 9.43. The van der Waals surface area contributed by atoms with Gasteiger partial charge in [0.05, 0.1) is 5.02 Å². The lowest BCUT2D eigenvalue weighted by Gasteiger charge is -2.27. The van der Waals surface area contributed by atoms with Gasteiger partial charge in [-0.15, -0.1) is 11.3 Å². The van der Waals surface area contributed by atoms with Crippen molar-refractivity contribution >= 4 is 46.2 Å². The van der Waals surface area contributed by atoms with Gasteiger partial charge in [0.1, 0.15) is 17.4 Å². The molecule has 0 unspecified atom stereocenters. The van der Waals surface area contributed by atoms with Gasteiger partial charge < -0.3 is 5.32 Å². The lowest BCUT2D eigenvalue weighted by molar-refractivity contribution is 0.574. The van der Waals surface area contributed by atoms with Crippen LogP contribution in [0.4, 0.5) is 11.6 Å². The molecule has 0 radical (unpaired) electrons. The Balaban J connectivity index is 1.84. The summed E-state index contributed by atoms with van der Waals surface area (Å²) in [5, 5.41) is 24.5. The number of aromatic amines is 1. The zero-order valence-electron chi connectivity index (χ0n) is 13.3. The summed E-state index contributed by atoms with van der Waals surface area (Å²) in [5.41, 5.74) is 1.79. The Hall–Kier alpha value is -2.75. The third-order valence-corrected chi connectivity index (χ3v) is 5.74. The number of tetrazole rings is 1. The van der Waals surface area contributed by atoms with Gasteiger partial charge >= 0.3 is 0 Å². The van der Waals surface area contributed by atoms with Crippen molar-refractivity contribution in [3.05, 3.63) is 66.6 Å². The molecule has 1 aliphatic rings. The number of fused-ring (bicyclic) bond motifs is 2. The Morgan fingerprint density at radius 2 is 2.11 bits per heavy atom. The third kappa shape index (κ3) is 2.54. The van der Waals surface area contributed by atoms with E-state index in [0.29, 0.717) is 38.5 Å². The lowest BCUT2D eigenvalue weighted by Crippen LogP contribution is -2.28. The molecule has 2 N–H and O–H groups in total. The molecule has 1 aliphatic heterocycles. The standard InChI is InChI=1S/C16H9Cl2N7OS/c17-7-3-4-8(9(18)6-7)12-11-13(15(26)21-20-12)19-16-22-23-24-25(16)14(11)10-2-1-5-27-10/h1-6,14H,(H,21,26)(H,19,22,24)/t14-/m1/s1. The first-order valence-electron chi connectivity index (χ1n) is 7.80. The molecule has 11 heteroatoms. The number of hydrogen-bond donors (Lipinski definition) is 2. The summed E-state index contributed by atoms with van der Waals surface area (Å²) in [7, 11) is 0. The minimum atomic E-state index is -0.414. The zero-order chi connectivity index (χ0) is 18.5. The summed E-state index contributed by atoms with van der Waals surface area (Å²) in [5.74, 6) is 0.380. The number of rotatable bonds is 2. The average Bonchev–Trinajstić information content (AvgIpc) is 3.33. The molecule has 0 bridgehead atoms. The molecule has 1 aromatic carbocycles. The Morgan fingerprint density at radius 3 is 2.89 bits per heavy atom. The summed E-state index contributed by atoms with van der Waals surface area (Å²) in [6, 6.07) is 8.61. The van der Waals surface area contributed by atoms with E-state index in [4.69, 9.17) is 23.2 Å². The summed E-state index contributed by atoms with van der Waals surface area (Å²) in [6.07, 6.45) is 0. The second kappa shape index (κ2) is 6.15. The predicted octanol–water partition coefficient (Wildman–Crippen LogP) is 3.49. The molecule has 0 fully saturated rings. The van der Waals surface area contributed by atoms with Gasteiger partial charge in [0.25, 0.3) is 5.56 Å². The van der Waals surface area contributed by atoms with E-state index in [9.17, 15) is 4.79 Å². The van der Waals surface area contributed by atoms with E-state index in [0.717, 1.165) is 4.88 Å². The van der Waals surface area contributed by atoms with Crippen molar-refractivity contribution in [2.75, 3.05) is 5.32 Å². The molecule has 3 aromatic heterocycles. The predicted molar refractivity (Wildman–Crippen MR) is 103 cm³/mol. The van der Waals surface area contributed by atoms with Crippen molar-refractivity contribution in [3.63, 3.8) is 0 Å². The van der Waals surface area contributed by atoms with E-state index in [-0.39, 0.29) is 5.56 Å². The van der Waals surface area contributed by atoms with E-state index < -0.39 is 6.04 Å². The van der Waals surface area contributed by atoms with Crippen LogP contribution in [0.2, 0.25) is 10.0 Å². The molecule has 1 atom stereocenters. The van der Waals surface area contributed by atoms with E-state index in [1.165, 1.54) is 11.3 Å². The van der Waals surface area contributed by atoms with E-state index >= 15 is 0 Å². The van der Waals surface area contributed by atoms with E-state index in [1.54, 1.807) is 22.9 Å². The van der Waals surface area contributed by atoms with E-state index in [2.05, 4.69) is 31.0 Å². The number of H-pyrrole nitrogens is 1. The molecule has 5 rings (SSSR count). The molecule has 0 saturated heterocycles. The highest BCUT2D eigenvalue weighted by Crippen LogP contribution is 2.43. The average molecular weight is 418 g/mol. The first-order chi connectivity index (χ1) is 13.1. The van der Waals surface area contributed by atoms with Crippen molar-refractivity contribution < 1.29 is 0 Å². The van der Waals surface area contributed by atoms with Crippen LogP contribution < -0.4 is 10.9 Å². The quantitative estimate of drug-likeness (QED) is 0.455. The largest absolute Gasteiger partial charge is 0.318 e. The molecule has 4 heterocycles. The number of halogens is 2. The Labute approximate surface area is 165 Å². The molecule has 134 valence electrons. The minimum absolute atomic E-state index is 0.340. The van der Waals surface area contributed by atoms with Crippen LogP contribution in [0, 0.1) is 0 Å². The molecule has 27 heavy (non-hydrogen) atoms. The van der Waals surface area contributed by atoms with Gasteiger partial charge in [-0.3, -0.25) is 4.79 Å². The van der Waals surface area contributed by atoms with Crippen molar-refractivity contribution in [1.82, 2.24) is 30.4 Å². The number of aromatic nitrogens is 6. The maximum atomic E-state index is 12.5. The second-order valence-electron chi connectivity index (χ2n) is 5.80. The molecule has 8 nitrogen and oxygen atoms in total. The number of anilines is 2. The van der Waals surface area contributed by atoms with Gasteiger partial charge in [0, 0.05) is 21.0 Å². The second-order valence-corrected chi connectivity index (χ2v) is 7.63. The monoisotopic (exact) mass is 417 g/mol. The Morgan fingerprint density at radius 1 is 1.22 bits per heavy atom. The van der Waals surface area contributed by atoms with Gasteiger partial charge in [-0.1, -0.05) is 34.4 Å². The summed E-state index contributed by atoms with van der Waals surface area (Å²) in [4.78, 5) is 13.5. The number of nitrogens with one attached hydrogen (secondary N) is 2. The summed E-state index contributed by atoms with van der Waals surface area (Å²) >= 11 is 14.0. The molecular formula is C16H9Cl2N7OS. The molecule has 0 aliphatic carbocycles.